The number of ether oxygens (including phenoxy) is 1. The molecule has 31 heavy (non-hydrogen) atoms. The first kappa shape index (κ1) is 22.9. The summed E-state index contributed by atoms with van der Waals surface area (Å²) >= 11 is 0. The first-order valence-corrected chi connectivity index (χ1v) is 10.9. The number of pyridine rings is 1. The second-order valence-electron chi connectivity index (χ2n) is 7.92. The van der Waals surface area contributed by atoms with E-state index in [4.69, 9.17) is 4.74 Å². The molecule has 0 radical (unpaired) electrons. The maximum atomic E-state index is 13.1. The van der Waals surface area contributed by atoms with Gasteiger partial charge in [0.05, 0.1) is 13.2 Å². The molecule has 1 aromatic carbocycles. The van der Waals surface area contributed by atoms with Crippen LogP contribution in [0, 0.1) is 0 Å². The van der Waals surface area contributed by atoms with Crippen molar-refractivity contribution in [1.82, 2.24) is 20.1 Å². The summed E-state index contributed by atoms with van der Waals surface area (Å²) in [5.74, 6) is -0.117. The first-order chi connectivity index (χ1) is 15.1. The molecule has 1 aliphatic rings. The third-order valence-corrected chi connectivity index (χ3v) is 5.38. The van der Waals surface area contributed by atoms with E-state index >= 15 is 0 Å². The fraction of sp³-hybridized carbons (Fsp3) is 0.458. The van der Waals surface area contributed by atoms with E-state index in [0.29, 0.717) is 18.7 Å². The van der Waals surface area contributed by atoms with Crippen LogP contribution in [-0.2, 0) is 16.1 Å². The van der Waals surface area contributed by atoms with Crippen LogP contribution in [0.2, 0.25) is 0 Å². The normalized spacial score (nSPS) is 15.3. The monoisotopic (exact) mass is 424 g/mol. The predicted molar refractivity (Wildman–Crippen MR) is 120 cm³/mol. The molecular formula is C24H32N4O3. The molecule has 0 spiro atoms. The second kappa shape index (κ2) is 12.2. The summed E-state index contributed by atoms with van der Waals surface area (Å²) in [7, 11) is 0. The van der Waals surface area contributed by atoms with Crippen LogP contribution in [0.5, 0.6) is 0 Å². The van der Waals surface area contributed by atoms with Gasteiger partial charge in [0, 0.05) is 63.1 Å². The van der Waals surface area contributed by atoms with E-state index in [1.54, 1.807) is 24.5 Å². The van der Waals surface area contributed by atoms with Gasteiger partial charge in [0.15, 0.2) is 0 Å². The quantitative estimate of drug-likeness (QED) is 0.634. The summed E-state index contributed by atoms with van der Waals surface area (Å²) in [4.78, 5) is 33.8. The van der Waals surface area contributed by atoms with Crippen LogP contribution in [0.3, 0.4) is 0 Å². The van der Waals surface area contributed by atoms with Gasteiger partial charge in [-0.05, 0) is 43.2 Å². The molecule has 1 atom stereocenters. The number of nitrogens with one attached hydrogen (secondary N) is 1. The van der Waals surface area contributed by atoms with Crippen LogP contribution >= 0.6 is 0 Å². The van der Waals surface area contributed by atoms with Crippen LogP contribution in [0.1, 0.15) is 35.7 Å². The van der Waals surface area contributed by atoms with E-state index in [9.17, 15) is 9.59 Å². The van der Waals surface area contributed by atoms with Gasteiger partial charge in [0.25, 0.3) is 5.91 Å². The molecule has 2 heterocycles. The van der Waals surface area contributed by atoms with Crippen molar-refractivity contribution < 1.29 is 14.3 Å². The summed E-state index contributed by atoms with van der Waals surface area (Å²) in [6.45, 7) is 7.49. The fourth-order valence-corrected chi connectivity index (χ4v) is 3.65. The number of carbonyl (C=O) groups is 2. The van der Waals surface area contributed by atoms with E-state index in [2.05, 4.69) is 15.2 Å². The molecule has 2 amide bonds. The third kappa shape index (κ3) is 7.77. The zero-order valence-corrected chi connectivity index (χ0v) is 18.2. The van der Waals surface area contributed by atoms with Gasteiger partial charge in [-0.15, -0.1) is 0 Å². The number of hydrogen-bond donors (Lipinski definition) is 1. The highest BCUT2D eigenvalue weighted by molar-refractivity contribution is 5.94. The van der Waals surface area contributed by atoms with Gasteiger partial charge in [-0.3, -0.25) is 19.5 Å². The smallest absolute Gasteiger partial charge is 0.251 e. The van der Waals surface area contributed by atoms with Gasteiger partial charge in [-0.1, -0.05) is 18.2 Å². The van der Waals surface area contributed by atoms with E-state index in [-0.39, 0.29) is 24.3 Å². The number of morpholine rings is 1. The topological polar surface area (TPSA) is 74.8 Å². The largest absolute Gasteiger partial charge is 0.379 e. The van der Waals surface area contributed by atoms with Crippen molar-refractivity contribution in [3.63, 3.8) is 0 Å². The van der Waals surface area contributed by atoms with Crippen molar-refractivity contribution in [3.8, 4) is 0 Å². The molecule has 1 N–H and O–H groups in total. The Kier molecular flexibility index (Phi) is 8.99. The Bertz CT molecular complexity index is 810. The third-order valence-electron chi connectivity index (χ3n) is 5.38. The molecule has 7 heteroatoms. The van der Waals surface area contributed by atoms with E-state index < -0.39 is 0 Å². The molecule has 1 saturated heterocycles. The van der Waals surface area contributed by atoms with Gasteiger partial charge in [-0.25, -0.2) is 0 Å². The first-order valence-electron chi connectivity index (χ1n) is 10.9. The minimum atomic E-state index is -0.251. The fourth-order valence-electron chi connectivity index (χ4n) is 3.65. The summed E-state index contributed by atoms with van der Waals surface area (Å²) in [5, 5.41) is 2.94. The Morgan fingerprint density at radius 1 is 1.13 bits per heavy atom. The van der Waals surface area contributed by atoms with Gasteiger partial charge < -0.3 is 15.0 Å². The molecular weight excluding hydrogens is 392 g/mol. The number of benzene rings is 1. The average molecular weight is 425 g/mol. The van der Waals surface area contributed by atoms with Crippen LogP contribution in [0.15, 0.2) is 54.9 Å². The lowest BCUT2D eigenvalue weighted by Crippen LogP contribution is -2.41. The summed E-state index contributed by atoms with van der Waals surface area (Å²) < 4.78 is 5.41. The van der Waals surface area contributed by atoms with Gasteiger partial charge in [0.1, 0.15) is 0 Å². The molecule has 0 bridgehead atoms. The van der Waals surface area contributed by atoms with Crippen LogP contribution < -0.4 is 5.32 Å². The molecule has 2 aromatic rings. The Labute approximate surface area is 184 Å². The Hall–Kier alpha value is -2.77. The minimum Gasteiger partial charge on any atom is -0.379 e. The van der Waals surface area contributed by atoms with Crippen molar-refractivity contribution in [3.05, 3.63) is 66.0 Å². The molecule has 7 nitrogen and oxygen atoms in total. The van der Waals surface area contributed by atoms with Crippen molar-refractivity contribution >= 4 is 11.8 Å². The molecule has 1 unspecified atom stereocenters. The highest BCUT2D eigenvalue weighted by atomic mass is 16.5. The standard InChI is InChI=1S/C24H32N4O3/c1-20(26-24(30)22-6-3-2-4-7-22)18-23(29)28(19-21-8-10-25-11-9-21)13-5-12-27-14-16-31-17-15-27/h2-4,6-11,20H,5,12-19H2,1H3,(H,26,30). The Balaban J connectivity index is 1.54. The summed E-state index contributed by atoms with van der Waals surface area (Å²) in [6, 6.07) is 12.7. The maximum absolute atomic E-state index is 13.1. The SMILES string of the molecule is CC(CC(=O)N(CCCN1CCOCC1)Cc1ccncc1)NC(=O)c1ccccc1. The average Bonchev–Trinajstić information content (AvgIpc) is 2.80. The van der Waals surface area contributed by atoms with E-state index in [1.165, 1.54) is 0 Å². The molecule has 1 aliphatic heterocycles. The lowest BCUT2D eigenvalue weighted by atomic mass is 10.1. The number of rotatable bonds is 10. The van der Waals surface area contributed by atoms with Gasteiger partial charge >= 0.3 is 0 Å². The lowest BCUT2D eigenvalue weighted by Gasteiger charge is -2.29. The summed E-state index contributed by atoms with van der Waals surface area (Å²) in [6.07, 6.45) is 4.66. The van der Waals surface area contributed by atoms with Crippen molar-refractivity contribution in [2.45, 2.75) is 32.4 Å². The highest BCUT2D eigenvalue weighted by Crippen LogP contribution is 2.09. The lowest BCUT2D eigenvalue weighted by molar-refractivity contribution is -0.132. The zero-order valence-electron chi connectivity index (χ0n) is 18.2. The number of hydrogen-bond acceptors (Lipinski definition) is 5. The predicted octanol–water partition coefficient (Wildman–Crippen LogP) is 2.34. The van der Waals surface area contributed by atoms with E-state index in [0.717, 1.165) is 44.8 Å². The van der Waals surface area contributed by atoms with Crippen LogP contribution in [-0.4, -0.2) is 72.0 Å². The van der Waals surface area contributed by atoms with Gasteiger partial charge in [0.2, 0.25) is 5.91 Å². The van der Waals surface area contributed by atoms with Gasteiger partial charge in [-0.2, -0.15) is 0 Å². The zero-order chi connectivity index (χ0) is 21.9. The molecule has 3 rings (SSSR count). The molecule has 0 saturated carbocycles. The second-order valence-corrected chi connectivity index (χ2v) is 7.92. The van der Waals surface area contributed by atoms with Crippen LogP contribution in [0.25, 0.3) is 0 Å². The minimum absolute atomic E-state index is 0.0413. The Morgan fingerprint density at radius 3 is 2.55 bits per heavy atom. The summed E-state index contributed by atoms with van der Waals surface area (Å²) in [5.41, 5.74) is 1.65. The Morgan fingerprint density at radius 2 is 1.84 bits per heavy atom. The number of aromatic nitrogens is 1. The highest BCUT2D eigenvalue weighted by Gasteiger charge is 2.19. The maximum Gasteiger partial charge on any atom is 0.251 e. The van der Waals surface area contributed by atoms with Crippen molar-refractivity contribution in [1.29, 1.82) is 0 Å². The number of nitrogens with zero attached hydrogens (tertiary/aromatic N) is 3. The molecule has 0 aliphatic carbocycles. The molecule has 1 aromatic heterocycles. The molecule has 1 fully saturated rings. The van der Waals surface area contributed by atoms with Crippen molar-refractivity contribution in [2.24, 2.45) is 0 Å². The van der Waals surface area contributed by atoms with Crippen LogP contribution in [0.4, 0.5) is 0 Å². The van der Waals surface area contributed by atoms with E-state index in [1.807, 2.05) is 42.2 Å². The van der Waals surface area contributed by atoms with Crippen molar-refractivity contribution in [2.75, 3.05) is 39.4 Å². The molecule has 166 valence electrons. The number of amides is 2. The number of carbonyl (C=O) groups excluding carboxylic acids is 2.